The molecule has 6 heterocycles. The Kier molecular flexibility index (Phi) is 6.63. The predicted molar refractivity (Wildman–Crippen MR) is 152 cm³/mol. The van der Waals surface area contributed by atoms with Gasteiger partial charge in [-0.2, -0.15) is 9.67 Å². The fourth-order valence-electron chi connectivity index (χ4n) is 6.18. The number of halogens is 1. The molecule has 1 saturated heterocycles. The van der Waals surface area contributed by atoms with Gasteiger partial charge in [0.15, 0.2) is 17.3 Å². The maximum atomic E-state index is 15.9. The Bertz CT molecular complexity index is 1730. The van der Waals surface area contributed by atoms with Gasteiger partial charge in [0.25, 0.3) is 0 Å². The first-order valence-corrected chi connectivity index (χ1v) is 13.9. The molecule has 2 atom stereocenters. The Balaban J connectivity index is 1.65. The second-order valence-corrected chi connectivity index (χ2v) is 11.1. The van der Waals surface area contributed by atoms with Crippen LogP contribution in [0.15, 0.2) is 42.0 Å². The van der Waals surface area contributed by atoms with E-state index in [2.05, 4.69) is 26.9 Å². The summed E-state index contributed by atoms with van der Waals surface area (Å²) < 4.78 is 18.8. The molecule has 0 aromatic carbocycles. The van der Waals surface area contributed by atoms with Crippen LogP contribution in [0.5, 0.6) is 0 Å². The number of hydrogen-bond donors (Lipinski definition) is 0. The van der Waals surface area contributed by atoms with E-state index in [0.717, 1.165) is 23.4 Å². The van der Waals surface area contributed by atoms with E-state index in [1.165, 1.54) is 21.4 Å². The number of piperazine rings is 1. The van der Waals surface area contributed by atoms with Crippen LogP contribution in [0.4, 0.5) is 10.2 Å². The van der Waals surface area contributed by atoms with Crippen molar-refractivity contribution < 1.29 is 9.18 Å². The maximum absolute atomic E-state index is 15.9. The fraction of sp³-hybridized carbons (Fsp3) is 0.414. The molecule has 0 saturated carbocycles. The first-order chi connectivity index (χ1) is 19.7. The summed E-state index contributed by atoms with van der Waals surface area (Å²) in [6.07, 6.45) is 6.68. The zero-order valence-corrected chi connectivity index (χ0v) is 23.6. The van der Waals surface area contributed by atoms with Crippen molar-refractivity contribution in [2.75, 3.05) is 18.0 Å². The molecule has 1 fully saturated rings. The molecule has 4 aromatic rings. The van der Waals surface area contributed by atoms with Gasteiger partial charge in [0.2, 0.25) is 5.91 Å². The molecule has 4 aromatic heterocycles. The fourth-order valence-corrected chi connectivity index (χ4v) is 6.18. The molecule has 2 bridgehead atoms. The van der Waals surface area contributed by atoms with E-state index in [-0.39, 0.29) is 35.4 Å². The van der Waals surface area contributed by atoms with Crippen LogP contribution in [-0.4, -0.2) is 70.5 Å². The number of fused-ring (bicyclic) bond motifs is 5. The topological polar surface area (TPSA) is 115 Å². The molecule has 2 unspecified atom stereocenters. The number of aromatic nitrogens is 7. The molecule has 6 rings (SSSR count). The van der Waals surface area contributed by atoms with Crippen LogP contribution in [0, 0.1) is 5.82 Å². The second-order valence-electron chi connectivity index (χ2n) is 11.1. The molecule has 1 amide bonds. The zero-order valence-electron chi connectivity index (χ0n) is 23.6. The molecule has 11 nitrogen and oxygen atoms in total. The van der Waals surface area contributed by atoms with Gasteiger partial charge >= 0.3 is 5.69 Å². The van der Waals surface area contributed by atoms with Gasteiger partial charge in [-0.15, -0.1) is 5.10 Å². The first kappa shape index (κ1) is 26.7. The Morgan fingerprint density at radius 2 is 1.90 bits per heavy atom. The van der Waals surface area contributed by atoms with Crippen molar-refractivity contribution in [1.82, 2.24) is 39.4 Å². The minimum Gasteiger partial charge on any atom is -0.352 e. The summed E-state index contributed by atoms with van der Waals surface area (Å²) in [6.45, 7) is 12.3. The average molecular weight is 558 g/mol. The smallest absolute Gasteiger partial charge is 0.352 e. The molecule has 0 aliphatic carbocycles. The minimum absolute atomic E-state index is 0.00781. The summed E-state index contributed by atoms with van der Waals surface area (Å²) in [6, 6.07) is 2.92. The highest BCUT2D eigenvalue weighted by molar-refractivity contribution is 5.90. The van der Waals surface area contributed by atoms with E-state index < -0.39 is 11.5 Å². The SMILES string of the molecule is C=CC(=O)N1C(C)CN(c2nc(=O)n3c4nc(c(F)cc24)-n2nncc2CCCc2ccnc(C(C)C)c2-3)CC1C. The van der Waals surface area contributed by atoms with Crippen molar-refractivity contribution in [1.29, 1.82) is 0 Å². The summed E-state index contributed by atoms with van der Waals surface area (Å²) in [5.74, 6) is -0.456. The number of nitrogens with zero attached hydrogens (tertiary/aromatic N) is 9. The van der Waals surface area contributed by atoms with Crippen LogP contribution in [0.3, 0.4) is 0 Å². The average Bonchev–Trinajstić information content (AvgIpc) is 3.39. The molecule has 212 valence electrons. The monoisotopic (exact) mass is 557 g/mol. The highest BCUT2D eigenvalue weighted by Crippen LogP contribution is 2.33. The van der Waals surface area contributed by atoms with Crippen molar-refractivity contribution in [3.63, 3.8) is 0 Å². The third kappa shape index (κ3) is 4.37. The molecule has 0 N–H and O–H groups in total. The lowest BCUT2D eigenvalue weighted by Crippen LogP contribution is -2.58. The molecule has 2 aliphatic rings. The van der Waals surface area contributed by atoms with Crippen molar-refractivity contribution >= 4 is 22.8 Å². The van der Waals surface area contributed by atoms with Crippen LogP contribution in [0.2, 0.25) is 0 Å². The van der Waals surface area contributed by atoms with Crippen molar-refractivity contribution in [3.8, 4) is 11.5 Å². The Morgan fingerprint density at radius 1 is 1.15 bits per heavy atom. The number of amides is 1. The van der Waals surface area contributed by atoms with Crippen molar-refractivity contribution in [2.24, 2.45) is 0 Å². The van der Waals surface area contributed by atoms with Gasteiger partial charge in [0, 0.05) is 31.4 Å². The number of hydrogen-bond acceptors (Lipinski definition) is 8. The number of carbonyl (C=O) groups is 1. The van der Waals surface area contributed by atoms with Crippen molar-refractivity contribution in [3.05, 3.63) is 70.4 Å². The standard InChI is InChI=1S/C29H32FN9O2/c1-6-23(40)37-17(4)14-36(15-18(37)5)26-21-12-22(30)28-33-27(21)38(29(41)34-26)25-19(10-11-31-24(25)16(2)3)8-7-9-20-13-32-35-39(20)28/h6,10-13,16-18H,1,7-9,14-15H2,2-5H3. The largest absolute Gasteiger partial charge is 0.355 e. The summed E-state index contributed by atoms with van der Waals surface area (Å²) in [4.78, 5) is 44.2. The van der Waals surface area contributed by atoms with Crippen LogP contribution in [-0.2, 0) is 17.6 Å². The van der Waals surface area contributed by atoms with Gasteiger partial charge in [0.1, 0.15) is 5.82 Å². The van der Waals surface area contributed by atoms with E-state index in [0.29, 0.717) is 42.8 Å². The molecule has 41 heavy (non-hydrogen) atoms. The number of aryl methyl sites for hydroxylation is 2. The summed E-state index contributed by atoms with van der Waals surface area (Å²) >= 11 is 0. The quantitative estimate of drug-likeness (QED) is 0.353. The normalized spacial score (nSPS) is 18.8. The van der Waals surface area contributed by atoms with E-state index in [1.54, 1.807) is 17.3 Å². The van der Waals surface area contributed by atoms with E-state index in [1.807, 2.05) is 38.7 Å². The van der Waals surface area contributed by atoms with E-state index in [4.69, 9.17) is 4.98 Å². The number of carbonyl (C=O) groups excluding carboxylic acids is 1. The number of anilines is 1. The Hall–Kier alpha value is -4.48. The van der Waals surface area contributed by atoms with Gasteiger partial charge < -0.3 is 9.80 Å². The van der Waals surface area contributed by atoms with Crippen molar-refractivity contribution in [2.45, 2.75) is 65.0 Å². The molecule has 0 radical (unpaired) electrons. The van der Waals surface area contributed by atoms with Crippen LogP contribution >= 0.6 is 0 Å². The van der Waals surface area contributed by atoms with Crippen LogP contribution in [0.1, 0.15) is 57.0 Å². The summed E-state index contributed by atoms with van der Waals surface area (Å²) in [5, 5.41) is 8.54. The summed E-state index contributed by atoms with van der Waals surface area (Å²) in [7, 11) is 0. The third-order valence-corrected chi connectivity index (χ3v) is 7.94. The Morgan fingerprint density at radius 3 is 2.61 bits per heavy atom. The highest BCUT2D eigenvalue weighted by atomic mass is 19.1. The minimum atomic E-state index is -0.603. The first-order valence-electron chi connectivity index (χ1n) is 13.9. The second kappa shape index (κ2) is 10.2. The number of rotatable bonds is 3. The number of pyridine rings is 2. The van der Waals surface area contributed by atoms with Gasteiger partial charge in [0.05, 0.1) is 28.7 Å². The van der Waals surface area contributed by atoms with Crippen LogP contribution < -0.4 is 10.6 Å². The molecule has 12 heteroatoms. The molecular formula is C29H32FN9O2. The van der Waals surface area contributed by atoms with Gasteiger partial charge in [-0.3, -0.25) is 9.78 Å². The van der Waals surface area contributed by atoms with Crippen LogP contribution in [0.25, 0.3) is 22.5 Å². The highest BCUT2D eigenvalue weighted by Gasteiger charge is 2.34. The molecular weight excluding hydrogens is 525 g/mol. The summed E-state index contributed by atoms with van der Waals surface area (Å²) in [5.41, 5.74) is 2.78. The van der Waals surface area contributed by atoms with E-state index in [9.17, 15) is 9.59 Å². The van der Waals surface area contributed by atoms with Gasteiger partial charge in [-0.1, -0.05) is 25.6 Å². The zero-order chi connectivity index (χ0) is 29.0. The third-order valence-electron chi connectivity index (χ3n) is 7.94. The lowest BCUT2D eigenvalue weighted by Gasteiger charge is -2.44. The Labute approximate surface area is 236 Å². The lowest BCUT2D eigenvalue weighted by atomic mass is 10.00. The maximum Gasteiger partial charge on any atom is 0.355 e. The molecule has 2 aliphatic heterocycles. The van der Waals surface area contributed by atoms with Gasteiger partial charge in [-0.25, -0.2) is 18.7 Å². The lowest BCUT2D eigenvalue weighted by molar-refractivity contribution is -0.130. The molecule has 0 spiro atoms. The van der Waals surface area contributed by atoms with E-state index >= 15 is 4.39 Å². The van der Waals surface area contributed by atoms with Gasteiger partial charge in [-0.05, 0) is 62.8 Å². The predicted octanol–water partition coefficient (Wildman–Crippen LogP) is 3.12.